The molecule has 0 radical (unpaired) electrons. The van der Waals surface area contributed by atoms with Gasteiger partial charge in [0.2, 0.25) is 11.8 Å². The van der Waals surface area contributed by atoms with Crippen LogP contribution < -0.4 is 16.2 Å². The number of aryl methyl sites for hydroxylation is 1. The van der Waals surface area contributed by atoms with Crippen LogP contribution in [-0.2, 0) is 4.79 Å². The number of amides is 1. The first-order valence-corrected chi connectivity index (χ1v) is 10.2. The van der Waals surface area contributed by atoms with E-state index in [-0.39, 0.29) is 16.8 Å². The lowest BCUT2D eigenvalue weighted by Gasteiger charge is -2.07. The van der Waals surface area contributed by atoms with Crippen molar-refractivity contribution in [1.29, 1.82) is 0 Å². The average Bonchev–Trinajstić information content (AvgIpc) is 3.41. The Morgan fingerprint density at radius 1 is 1.33 bits per heavy atom. The first kappa shape index (κ1) is 19.7. The molecule has 0 bridgehead atoms. The number of carbonyl (C=O) groups is 1. The molecule has 3 aromatic heterocycles. The molecular formula is C18H13N6O4S2-. The Kier molecular flexibility index (Phi) is 5.25. The highest BCUT2D eigenvalue weighted by atomic mass is 32.1. The molecule has 1 amide bonds. The number of aromatic amines is 1. The fourth-order valence-corrected chi connectivity index (χ4v) is 4.28. The predicted octanol–water partition coefficient (Wildman–Crippen LogP) is 2.32. The Balaban J connectivity index is 1.59. The molecule has 152 valence electrons. The summed E-state index contributed by atoms with van der Waals surface area (Å²) in [6.45, 7) is 3.22. The molecule has 2 N–H and O–H groups in total. The SMILES string of the molecule is CC(=O)Nc1nc(C)c(-c2csc(C([O-])=Nc3cccc(-c4n[nH]c(=O)o4)c3)n2)s1. The Bertz CT molecular complexity index is 1320. The number of anilines is 1. The smallest absolute Gasteiger partial charge is 0.434 e. The van der Waals surface area contributed by atoms with Gasteiger partial charge in [0.25, 0.3) is 0 Å². The number of rotatable bonds is 5. The first-order valence-electron chi connectivity index (χ1n) is 8.52. The maximum Gasteiger partial charge on any atom is 0.434 e. The summed E-state index contributed by atoms with van der Waals surface area (Å²) in [5.41, 5.74) is 2.19. The molecule has 30 heavy (non-hydrogen) atoms. The third kappa shape index (κ3) is 4.18. The number of hydrogen-bond acceptors (Lipinski definition) is 10. The Labute approximate surface area is 177 Å². The molecule has 10 nitrogen and oxygen atoms in total. The first-order chi connectivity index (χ1) is 14.4. The molecule has 0 aliphatic rings. The molecule has 0 atom stereocenters. The van der Waals surface area contributed by atoms with Crippen LogP contribution >= 0.6 is 22.7 Å². The normalized spacial score (nSPS) is 11.6. The predicted molar refractivity (Wildman–Crippen MR) is 111 cm³/mol. The summed E-state index contributed by atoms with van der Waals surface area (Å²) in [7, 11) is 0. The molecule has 12 heteroatoms. The van der Waals surface area contributed by atoms with Crippen LogP contribution in [0.1, 0.15) is 17.6 Å². The Morgan fingerprint density at radius 3 is 2.90 bits per heavy atom. The van der Waals surface area contributed by atoms with Crippen LogP contribution in [0, 0.1) is 6.92 Å². The molecular weight excluding hydrogens is 428 g/mol. The van der Waals surface area contributed by atoms with Gasteiger partial charge in [-0.25, -0.2) is 19.9 Å². The van der Waals surface area contributed by atoms with Gasteiger partial charge in [-0.3, -0.25) is 9.79 Å². The number of aliphatic imine (C=N–C) groups is 1. The molecule has 0 spiro atoms. The molecule has 4 rings (SSSR count). The highest BCUT2D eigenvalue weighted by molar-refractivity contribution is 7.19. The summed E-state index contributed by atoms with van der Waals surface area (Å²) in [4.78, 5) is 35.8. The molecule has 1 aromatic carbocycles. The zero-order chi connectivity index (χ0) is 21.3. The van der Waals surface area contributed by atoms with Crippen molar-refractivity contribution in [3.05, 3.63) is 50.9 Å². The molecule has 0 fully saturated rings. The summed E-state index contributed by atoms with van der Waals surface area (Å²) in [6, 6.07) is 6.59. The molecule has 0 saturated heterocycles. The van der Waals surface area contributed by atoms with Crippen molar-refractivity contribution < 1.29 is 14.3 Å². The Hall–Kier alpha value is -3.64. The minimum absolute atomic E-state index is 0.108. The van der Waals surface area contributed by atoms with Gasteiger partial charge in [0, 0.05) is 23.8 Å². The maximum atomic E-state index is 12.6. The molecule has 3 heterocycles. The summed E-state index contributed by atoms with van der Waals surface area (Å²) in [5.74, 6) is -1.27. The van der Waals surface area contributed by atoms with E-state index in [4.69, 9.17) is 4.42 Å². The van der Waals surface area contributed by atoms with Crippen LogP contribution in [0.2, 0.25) is 0 Å². The van der Waals surface area contributed by atoms with Crippen LogP contribution in [0.15, 0.2) is 43.8 Å². The van der Waals surface area contributed by atoms with E-state index in [1.165, 1.54) is 29.6 Å². The van der Waals surface area contributed by atoms with Gasteiger partial charge in [0.1, 0.15) is 5.01 Å². The van der Waals surface area contributed by atoms with Crippen LogP contribution in [0.4, 0.5) is 10.8 Å². The highest BCUT2D eigenvalue weighted by Gasteiger charge is 2.14. The van der Waals surface area contributed by atoms with Gasteiger partial charge in [-0.1, -0.05) is 17.4 Å². The van der Waals surface area contributed by atoms with Crippen molar-refractivity contribution in [3.8, 4) is 22.0 Å². The van der Waals surface area contributed by atoms with Gasteiger partial charge in [-0.05, 0) is 25.1 Å². The minimum Gasteiger partial charge on any atom is -0.857 e. The van der Waals surface area contributed by atoms with Crippen LogP contribution in [0.3, 0.4) is 0 Å². The Morgan fingerprint density at radius 2 is 2.17 bits per heavy atom. The van der Waals surface area contributed by atoms with Crippen molar-refractivity contribution in [3.63, 3.8) is 0 Å². The number of nitrogens with one attached hydrogen (secondary N) is 2. The summed E-state index contributed by atoms with van der Waals surface area (Å²) >= 11 is 2.45. The van der Waals surface area contributed by atoms with Gasteiger partial charge in [-0.15, -0.1) is 16.4 Å². The van der Waals surface area contributed by atoms with Crippen LogP contribution in [0.25, 0.3) is 22.0 Å². The largest absolute Gasteiger partial charge is 0.857 e. The molecule has 0 saturated carbocycles. The third-order valence-electron chi connectivity index (χ3n) is 3.76. The van der Waals surface area contributed by atoms with Crippen molar-refractivity contribution in [1.82, 2.24) is 20.2 Å². The van der Waals surface area contributed by atoms with Crippen LogP contribution in [0.5, 0.6) is 0 Å². The minimum atomic E-state index is -0.668. The number of hydrogen-bond donors (Lipinski definition) is 2. The number of benzene rings is 1. The lowest BCUT2D eigenvalue weighted by atomic mass is 10.2. The van der Waals surface area contributed by atoms with Gasteiger partial charge >= 0.3 is 5.76 Å². The maximum absolute atomic E-state index is 12.6. The van der Waals surface area contributed by atoms with Gasteiger partial charge < -0.3 is 14.8 Å². The molecule has 4 aromatic rings. The van der Waals surface area contributed by atoms with Crippen molar-refractivity contribution in [2.24, 2.45) is 4.99 Å². The topological polar surface area (TPSA) is 149 Å². The number of aromatic nitrogens is 4. The second-order valence-electron chi connectivity index (χ2n) is 6.04. The van der Waals surface area contributed by atoms with Crippen molar-refractivity contribution in [2.75, 3.05) is 5.32 Å². The summed E-state index contributed by atoms with van der Waals surface area (Å²) in [6.07, 6.45) is 0. The highest BCUT2D eigenvalue weighted by Crippen LogP contribution is 2.33. The fraction of sp³-hybridized carbons (Fsp3) is 0.111. The average molecular weight is 441 g/mol. The van der Waals surface area contributed by atoms with E-state index in [1.807, 2.05) is 0 Å². The second kappa shape index (κ2) is 8.00. The van der Waals surface area contributed by atoms with E-state index in [9.17, 15) is 14.7 Å². The standard InChI is InChI=1S/C18H14N6O4S2/c1-8-13(30-17(19-8)20-9(2)25)12-7-29-16(22-12)14(26)21-11-5-3-4-10(6-11)15-23-24-18(27)28-15/h3-7H,1-2H3,(H,21,26)(H,24,27)(H,19,20,25)/p-1. The van der Waals surface area contributed by atoms with Crippen molar-refractivity contribution in [2.45, 2.75) is 13.8 Å². The number of thiazole rings is 2. The van der Waals surface area contributed by atoms with Crippen LogP contribution in [-0.4, -0.2) is 32.0 Å². The second-order valence-corrected chi connectivity index (χ2v) is 7.90. The number of nitrogens with zero attached hydrogens (tertiary/aromatic N) is 4. The summed E-state index contributed by atoms with van der Waals surface area (Å²) < 4.78 is 4.91. The monoisotopic (exact) mass is 441 g/mol. The quantitative estimate of drug-likeness (QED) is 0.356. The van der Waals surface area contributed by atoms with E-state index in [2.05, 4.69) is 30.5 Å². The lowest BCUT2D eigenvalue weighted by Crippen LogP contribution is -2.18. The molecule has 0 aliphatic heterocycles. The van der Waals surface area contributed by atoms with E-state index >= 15 is 0 Å². The van der Waals surface area contributed by atoms with Gasteiger partial charge in [-0.2, -0.15) is 0 Å². The lowest BCUT2D eigenvalue weighted by molar-refractivity contribution is -0.212. The zero-order valence-electron chi connectivity index (χ0n) is 15.6. The van der Waals surface area contributed by atoms with Gasteiger partial charge in [0.15, 0.2) is 5.13 Å². The molecule has 0 aliphatic carbocycles. The fourth-order valence-electron chi connectivity index (χ4n) is 2.54. The zero-order valence-corrected chi connectivity index (χ0v) is 17.3. The van der Waals surface area contributed by atoms with E-state index < -0.39 is 11.7 Å². The summed E-state index contributed by atoms with van der Waals surface area (Å²) in [5, 5.41) is 23.6. The number of carbonyl (C=O) groups excluding carboxylic acids is 1. The third-order valence-corrected chi connectivity index (χ3v) is 5.69. The van der Waals surface area contributed by atoms with E-state index in [0.29, 0.717) is 27.8 Å². The van der Waals surface area contributed by atoms with Crippen molar-refractivity contribution >= 4 is 45.3 Å². The van der Waals surface area contributed by atoms with E-state index in [0.717, 1.165) is 4.88 Å². The van der Waals surface area contributed by atoms with E-state index in [1.54, 1.807) is 36.6 Å². The van der Waals surface area contributed by atoms with Gasteiger partial charge in [0.05, 0.1) is 22.0 Å². The number of H-pyrrole nitrogens is 1. The molecule has 0 unspecified atom stereocenters.